The van der Waals surface area contributed by atoms with Crippen LogP contribution in [0.4, 0.5) is 0 Å². The quantitative estimate of drug-likeness (QED) is 0.476. The highest BCUT2D eigenvalue weighted by Gasteiger charge is 2.13. The summed E-state index contributed by atoms with van der Waals surface area (Å²) < 4.78 is 5.76. The Morgan fingerprint density at radius 1 is 0.929 bits per heavy atom. The highest BCUT2D eigenvalue weighted by molar-refractivity contribution is 7.99. The molecule has 0 aliphatic carbocycles. The topological polar surface area (TPSA) is 68.0 Å². The number of thioether (sulfide) groups is 1. The maximum Gasteiger partial charge on any atom is 0.277 e. The molecule has 1 N–H and O–H groups in total. The summed E-state index contributed by atoms with van der Waals surface area (Å²) in [6.45, 7) is 0.606. The second-order valence-corrected chi connectivity index (χ2v) is 7.20. The average molecular weight is 389 g/mol. The molecule has 1 heterocycles. The molecular weight excluding hydrogens is 370 g/mol. The Hall–Kier alpha value is -3.12. The molecule has 0 fully saturated rings. The third-order valence-corrected chi connectivity index (χ3v) is 5.15. The monoisotopic (exact) mass is 389 g/mol. The third kappa shape index (κ3) is 4.40. The Balaban J connectivity index is 1.33. The molecule has 4 aromatic rings. The second kappa shape index (κ2) is 8.71. The molecule has 0 saturated heterocycles. The van der Waals surface area contributed by atoms with Crippen LogP contribution < -0.4 is 5.32 Å². The van der Waals surface area contributed by atoms with E-state index in [0.29, 0.717) is 17.7 Å². The van der Waals surface area contributed by atoms with Crippen LogP contribution >= 0.6 is 11.8 Å². The SMILES string of the molecule is O=C(CSc1nnc(-c2cccc3ccccc23)o1)NCCc1ccccc1. The van der Waals surface area contributed by atoms with E-state index >= 15 is 0 Å². The molecule has 6 heteroatoms. The molecule has 0 bridgehead atoms. The Morgan fingerprint density at radius 2 is 1.71 bits per heavy atom. The fourth-order valence-electron chi connectivity index (χ4n) is 2.96. The number of nitrogens with one attached hydrogen (secondary N) is 1. The molecule has 0 aliphatic rings. The van der Waals surface area contributed by atoms with Gasteiger partial charge >= 0.3 is 0 Å². The van der Waals surface area contributed by atoms with Gasteiger partial charge in [-0.1, -0.05) is 78.5 Å². The lowest BCUT2D eigenvalue weighted by molar-refractivity contribution is -0.118. The van der Waals surface area contributed by atoms with Gasteiger partial charge in [-0.15, -0.1) is 10.2 Å². The zero-order chi connectivity index (χ0) is 19.2. The van der Waals surface area contributed by atoms with E-state index in [4.69, 9.17) is 4.42 Å². The summed E-state index contributed by atoms with van der Waals surface area (Å²) in [6.07, 6.45) is 0.809. The molecule has 28 heavy (non-hydrogen) atoms. The molecule has 4 rings (SSSR count). The second-order valence-electron chi connectivity index (χ2n) is 6.27. The van der Waals surface area contributed by atoms with E-state index in [9.17, 15) is 4.79 Å². The first-order valence-corrected chi connectivity index (χ1v) is 10.0. The summed E-state index contributed by atoms with van der Waals surface area (Å²) >= 11 is 1.24. The molecule has 0 aliphatic heterocycles. The number of nitrogens with zero attached hydrogens (tertiary/aromatic N) is 2. The molecule has 1 aromatic heterocycles. The van der Waals surface area contributed by atoms with Crippen molar-refractivity contribution in [3.8, 4) is 11.5 Å². The number of rotatable bonds is 7. The minimum Gasteiger partial charge on any atom is -0.411 e. The predicted octanol–water partition coefficient (Wildman–Crippen LogP) is 4.34. The lowest BCUT2D eigenvalue weighted by atomic mass is 10.0. The van der Waals surface area contributed by atoms with E-state index in [1.165, 1.54) is 17.3 Å². The number of benzene rings is 3. The number of hydrogen-bond acceptors (Lipinski definition) is 5. The molecule has 5 nitrogen and oxygen atoms in total. The van der Waals surface area contributed by atoms with E-state index in [1.54, 1.807) is 0 Å². The lowest BCUT2D eigenvalue weighted by Crippen LogP contribution is -2.27. The largest absolute Gasteiger partial charge is 0.411 e. The van der Waals surface area contributed by atoms with Gasteiger partial charge in [-0.2, -0.15) is 0 Å². The fraction of sp³-hybridized carbons (Fsp3) is 0.136. The summed E-state index contributed by atoms with van der Waals surface area (Å²) in [4.78, 5) is 12.0. The highest BCUT2D eigenvalue weighted by atomic mass is 32.2. The maximum absolute atomic E-state index is 12.0. The number of carbonyl (C=O) groups is 1. The minimum atomic E-state index is -0.0501. The van der Waals surface area contributed by atoms with Crippen LogP contribution in [0.5, 0.6) is 0 Å². The Morgan fingerprint density at radius 3 is 2.61 bits per heavy atom. The first-order valence-electron chi connectivity index (χ1n) is 9.05. The van der Waals surface area contributed by atoms with Crippen molar-refractivity contribution in [3.63, 3.8) is 0 Å². The van der Waals surface area contributed by atoms with E-state index in [-0.39, 0.29) is 11.7 Å². The maximum atomic E-state index is 12.0. The summed E-state index contributed by atoms with van der Waals surface area (Å²) in [7, 11) is 0. The number of fused-ring (bicyclic) bond motifs is 1. The summed E-state index contributed by atoms with van der Waals surface area (Å²) in [5.74, 6) is 0.654. The van der Waals surface area contributed by atoms with Crippen molar-refractivity contribution in [1.82, 2.24) is 15.5 Å². The number of hydrogen-bond donors (Lipinski definition) is 1. The van der Waals surface area contributed by atoms with Gasteiger partial charge in [-0.25, -0.2) is 0 Å². The van der Waals surface area contributed by atoms with Crippen LogP contribution in [0.15, 0.2) is 82.4 Å². The van der Waals surface area contributed by atoms with E-state index in [2.05, 4.69) is 15.5 Å². The normalized spacial score (nSPS) is 10.9. The molecule has 0 unspecified atom stereocenters. The average Bonchev–Trinajstić information content (AvgIpc) is 3.21. The molecule has 0 atom stereocenters. The van der Waals surface area contributed by atoms with Gasteiger partial charge in [0.15, 0.2) is 0 Å². The summed E-state index contributed by atoms with van der Waals surface area (Å²) in [5, 5.41) is 13.7. The number of amides is 1. The van der Waals surface area contributed by atoms with Crippen molar-refractivity contribution in [1.29, 1.82) is 0 Å². The standard InChI is InChI=1S/C22H19N3O2S/c26-20(23-14-13-16-7-2-1-3-8-16)15-28-22-25-24-21(27-22)19-12-6-10-17-9-4-5-11-18(17)19/h1-12H,13-15H2,(H,23,26). The van der Waals surface area contributed by atoms with Crippen LogP contribution in [0.2, 0.25) is 0 Å². The van der Waals surface area contributed by atoms with E-state index < -0.39 is 0 Å². The zero-order valence-corrected chi connectivity index (χ0v) is 16.0. The van der Waals surface area contributed by atoms with Crippen molar-refractivity contribution in [2.75, 3.05) is 12.3 Å². The summed E-state index contributed by atoms with van der Waals surface area (Å²) in [5.41, 5.74) is 2.09. The predicted molar refractivity (Wildman–Crippen MR) is 111 cm³/mol. The van der Waals surface area contributed by atoms with Crippen LogP contribution in [-0.2, 0) is 11.2 Å². The Labute approximate surface area is 167 Å². The highest BCUT2D eigenvalue weighted by Crippen LogP contribution is 2.29. The van der Waals surface area contributed by atoms with Gasteiger partial charge in [0.2, 0.25) is 11.8 Å². The van der Waals surface area contributed by atoms with Crippen LogP contribution in [-0.4, -0.2) is 28.4 Å². The Bertz CT molecular complexity index is 1070. The van der Waals surface area contributed by atoms with Gasteiger partial charge in [-0.05, 0) is 28.8 Å². The van der Waals surface area contributed by atoms with Crippen LogP contribution in [0.3, 0.4) is 0 Å². The van der Waals surface area contributed by atoms with Crippen LogP contribution in [0, 0.1) is 0 Å². The third-order valence-electron chi connectivity index (χ3n) is 4.33. The van der Waals surface area contributed by atoms with Crippen molar-refractivity contribution < 1.29 is 9.21 Å². The molecule has 3 aromatic carbocycles. The molecule has 0 spiro atoms. The Kier molecular flexibility index (Phi) is 5.68. The number of carbonyl (C=O) groups excluding carboxylic acids is 1. The van der Waals surface area contributed by atoms with Gasteiger partial charge in [-0.3, -0.25) is 4.79 Å². The smallest absolute Gasteiger partial charge is 0.277 e. The molecule has 0 saturated carbocycles. The first-order chi connectivity index (χ1) is 13.8. The van der Waals surface area contributed by atoms with Crippen LogP contribution in [0.25, 0.3) is 22.2 Å². The van der Waals surface area contributed by atoms with Gasteiger partial charge in [0.05, 0.1) is 5.75 Å². The molecular formula is C22H19N3O2S. The molecule has 1 amide bonds. The first kappa shape index (κ1) is 18.3. The van der Waals surface area contributed by atoms with Crippen LogP contribution in [0.1, 0.15) is 5.56 Å². The zero-order valence-electron chi connectivity index (χ0n) is 15.2. The fourth-order valence-corrected chi connectivity index (χ4v) is 3.55. The van der Waals surface area contributed by atoms with Crippen molar-refractivity contribution >= 4 is 28.4 Å². The minimum absolute atomic E-state index is 0.0501. The summed E-state index contributed by atoms with van der Waals surface area (Å²) in [6, 6.07) is 24.1. The van der Waals surface area contributed by atoms with Gasteiger partial charge in [0, 0.05) is 12.1 Å². The van der Waals surface area contributed by atoms with Gasteiger partial charge in [0.25, 0.3) is 5.22 Å². The van der Waals surface area contributed by atoms with Crippen molar-refractivity contribution in [2.45, 2.75) is 11.6 Å². The molecule has 0 radical (unpaired) electrons. The van der Waals surface area contributed by atoms with Gasteiger partial charge in [0.1, 0.15) is 0 Å². The lowest BCUT2D eigenvalue weighted by Gasteiger charge is -2.04. The van der Waals surface area contributed by atoms with Gasteiger partial charge < -0.3 is 9.73 Å². The van der Waals surface area contributed by atoms with E-state index in [0.717, 1.165) is 22.8 Å². The molecule has 140 valence electrons. The van der Waals surface area contributed by atoms with E-state index in [1.807, 2.05) is 72.8 Å². The van der Waals surface area contributed by atoms with Crippen molar-refractivity contribution in [3.05, 3.63) is 78.4 Å². The number of aromatic nitrogens is 2. The van der Waals surface area contributed by atoms with Crippen molar-refractivity contribution in [2.24, 2.45) is 0 Å².